The maximum atomic E-state index is 11.6. The lowest BCUT2D eigenvalue weighted by Gasteiger charge is -2.15. The Labute approximate surface area is 153 Å². The second-order valence-electron chi connectivity index (χ2n) is 6.09. The van der Waals surface area contributed by atoms with Crippen molar-refractivity contribution in [3.8, 4) is 0 Å². The zero-order valence-electron chi connectivity index (χ0n) is 15.0. The summed E-state index contributed by atoms with van der Waals surface area (Å²) in [6, 6.07) is 6.59. The first kappa shape index (κ1) is 21.4. The Kier molecular flexibility index (Phi) is 9.78. The molecule has 0 radical (unpaired) electrons. The van der Waals surface area contributed by atoms with E-state index in [2.05, 4.69) is 40.2 Å². The van der Waals surface area contributed by atoms with Crippen molar-refractivity contribution in [3.63, 3.8) is 0 Å². The lowest BCUT2D eigenvalue weighted by molar-refractivity contribution is -0.139. The van der Waals surface area contributed by atoms with Gasteiger partial charge in [-0.2, -0.15) is 0 Å². The molecule has 1 aromatic carbocycles. The minimum Gasteiger partial charge on any atom is -0.481 e. The Morgan fingerprint density at radius 1 is 1.04 bits per heavy atom. The number of carboxylic acid groups (broad SMARTS) is 2. The fraction of sp³-hybridized carbons (Fsp3) is 0.500. The van der Waals surface area contributed by atoms with Gasteiger partial charge < -0.3 is 26.2 Å². The lowest BCUT2D eigenvalue weighted by atomic mass is 10.1. The maximum absolute atomic E-state index is 11.6. The molecule has 0 fully saturated rings. The number of carboxylic acids is 2. The van der Waals surface area contributed by atoms with Crippen molar-refractivity contribution in [2.45, 2.75) is 45.2 Å². The van der Waals surface area contributed by atoms with Crippen LogP contribution in [0, 0.1) is 6.92 Å². The monoisotopic (exact) mass is 365 g/mol. The third-order valence-corrected chi connectivity index (χ3v) is 3.77. The van der Waals surface area contributed by atoms with Gasteiger partial charge in [-0.15, -0.1) is 0 Å². The summed E-state index contributed by atoms with van der Waals surface area (Å²) in [5, 5.41) is 25.6. The summed E-state index contributed by atoms with van der Waals surface area (Å²) in [6.45, 7) is 3.50. The molecule has 0 aliphatic carbocycles. The van der Waals surface area contributed by atoms with Gasteiger partial charge in [0.2, 0.25) is 0 Å². The van der Waals surface area contributed by atoms with Gasteiger partial charge in [0.05, 0.1) is 6.42 Å². The largest absolute Gasteiger partial charge is 0.481 e. The Morgan fingerprint density at radius 3 is 2.35 bits per heavy atom. The molecule has 26 heavy (non-hydrogen) atoms. The molecule has 1 rings (SSSR count). The van der Waals surface area contributed by atoms with Crippen LogP contribution in [0.5, 0.6) is 0 Å². The van der Waals surface area contributed by atoms with Gasteiger partial charge in [0.25, 0.3) is 0 Å². The van der Waals surface area contributed by atoms with Gasteiger partial charge in [-0.05, 0) is 38.3 Å². The van der Waals surface area contributed by atoms with Gasteiger partial charge in [0.15, 0.2) is 0 Å². The summed E-state index contributed by atoms with van der Waals surface area (Å²) < 4.78 is 0. The average molecular weight is 365 g/mol. The predicted octanol–water partition coefficient (Wildman–Crippen LogP) is 1.48. The Balaban J connectivity index is 2.18. The SMILES string of the molecule is Cc1ccc(CNCCCCC(NC(=O)NCCC(=O)O)C(=O)O)cc1. The average Bonchev–Trinajstić information content (AvgIpc) is 2.58. The van der Waals surface area contributed by atoms with Gasteiger partial charge in [-0.1, -0.05) is 29.8 Å². The van der Waals surface area contributed by atoms with E-state index in [1.54, 1.807) is 0 Å². The van der Waals surface area contributed by atoms with Crippen LogP contribution in [0.15, 0.2) is 24.3 Å². The van der Waals surface area contributed by atoms with Crippen LogP contribution < -0.4 is 16.0 Å². The van der Waals surface area contributed by atoms with Crippen LogP contribution >= 0.6 is 0 Å². The molecular weight excluding hydrogens is 338 g/mol. The summed E-state index contributed by atoms with van der Waals surface area (Å²) >= 11 is 0. The minimum atomic E-state index is -1.11. The normalized spacial score (nSPS) is 11.6. The first-order chi connectivity index (χ1) is 12.4. The van der Waals surface area contributed by atoms with Crippen molar-refractivity contribution in [1.29, 1.82) is 0 Å². The number of aliphatic carboxylic acids is 2. The number of aryl methyl sites for hydroxylation is 1. The van der Waals surface area contributed by atoms with Crippen molar-refractivity contribution >= 4 is 18.0 Å². The van der Waals surface area contributed by atoms with E-state index in [-0.39, 0.29) is 13.0 Å². The van der Waals surface area contributed by atoms with Gasteiger partial charge in [-0.3, -0.25) is 4.79 Å². The molecule has 0 aliphatic rings. The van der Waals surface area contributed by atoms with Crippen LogP contribution in [0.3, 0.4) is 0 Å². The molecular formula is C18H27N3O5. The third-order valence-electron chi connectivity index (χ3n) is 3.77. The van der Waals surface area contributed by atoms with Crippen molar-refractivity contribution in [1.82, 2.24) is 16.0 Å². The molecule has 0 saturated carbocycles. The molecule has 1 aromatic rings. The van der Waals surface area contributed by atoms with Crippen molar-refractivity contribution in [3.05, 3.63) is 35.4 Å². The molecule has 1 unspecified atom stereocenters. The second-order valence-corrected chi connectivity index (χ2v) is 6.09. The summed E-state index contributed by atoms with van der Waals surface area (Å²) in [4.78, 5) is 33.1. The van der Waals surface area contributed by atoms with E-state index >= 15 is 0 Å². The van der Waals surface area contributed by atoms with E-state index in [0.717, 1.165) is 19.5 Å². The van der Waals surface area contributed by atoms with E-state index in [9.17, 15) is 14.4 Å². The number of rotatable bonds is 12. The Morgan fingerprint density at radius 2 is 1.73 bits per heavy atom. The van der Waals surface area contributed by atoms with Crippen LogP contribution in [-0.2, 0) is 16.1 Å². The molecule has 2 amide bonds. The van der Waals surface area contributed by atoms with E-state index < -0.39 is 24.0 Å². The van der Waals surface area contributed by atoms with Gasteiger partial charge in [-0.25, -0.2) is 9.59 Å². The number of nitrogens with one attached hydrogen (secondary N) is 3. The number of unbranched alkanes of at least 4 members (excludes halogenated alkanes) is 1. The highest BCUT2D eigenvalue weighted by molar-refractivity contribution is 5.82. The van der Waals surface area contributed by atoms with Crippen LogP contribution in [0.25, 0.3) is 0 Å². The summed E-state index contributed by atoms with van der Waals surface area (Å²) in [6.07, 6.45) is 1.54. The lowest BCUT2D eigenvalue weighted by Crippen LogP contribution is -2.46. The summed E-state index contributed by atoms with van der Waals surface area (Å²) in [5.74, 6) is -2.13. The quantitative estimate of drug-likeness (QED) is 0.357. The predicted molar refractivity (Wildman–Crippen MR) is 96.9 cm³/mol. The highest BCUT2D eigenvalue weighted by Gasteiger charge is 2.19. The Hall–Kier alpha value is -2.61. The Bertz CT molecular complexity index is 589. The van der Waals surface area contributed by atoms with Crippen molar-refractivity contribution in [2.24, 2.45) is 0 Å². The zero-order valence-corrected chi connectivity index (χ0v) is 15.0. The highest BCUT2D eigenvalue weighted by Crippen LogP contribution is 2.04. The first-order valence-electron chi connectivity index (χ1n) is 8.63. The van der Waals surface area contributed by atoms with Crippen LogP contribution in [0.2, 0.25) is 0 Å². The standard InChI is InChI=1S/C18H27N3O5/c1-13-5-7-14(8-6-13)12-19-10-3-2-4-15(17(24)25)21-18(26)20-11-9-16(22)23/h5-8,15,19H,2-4,9-12H2,1H3,(H,22,23)(H,24,25)(H2,20,21,26). The van der Waals surface area contributed by atoms with E-state index in [1.807, 2.05) is 6.92 Å². The number of benzene rings is 1. The molecule has 0 saturated heterocycles. The molecule has 0 spiro atoms. The molecule has 0 aromatic heterocycles. The highest BCUT2D eigenvalue weighted by atomic mass is 16.4. The van der Waals surface area contributed by atoms with Crippen LogP contribution in [0.4, 0.5) is 4.79 Å². The molecule has 0 bridgehead atoms. The van der Waals surface area contributed by atoms with Crippen LogP contribution in [-0.4, -0.2) is 47.3 Å². The molecule has 0 heterocycles. The van der Waals surface area contributed by atoms with E-state index in [0.29, 0.717) is 12.8 Å². The number of carbonyl (C=O) groups excluding carboxylic acids is 1. The number of hydrogen-bond acceptors (Lipinski definition) is 4. The van der Waals surface area contributed by atoms with Crippen molar-refractivity contribution < 1.29 is 24.6 Å². The number of hydrogen-bond donors (Lipinski definition) is 5. The molecule has 8 heteroatoms. The molecule has 8 nitrogen and oxygen atoms in total. The van der Waals surface area contributed by atoms with Gasteiger partial charge >= 0.3 is 18.0 Å². The smallest absolute Gasteiger partial charge is 0.326 e. The summed E-state index contributed by atoms with van der Waals surface area (Å²) in [7, 11) is 0. The zero-order chi connectivity index (χ0) is 19.4. The maximum Gasteiger partial charge on any atom is 0.326 e. The van der Waals surface area contributed by atoms with E-state index in [4.69, 9.17) is 10.2 Å². The molecule has 144 valence electrons. The minimum absolute atomic E-state index is 0.0452. The van der Waals surface area contributed by atoms with Crippen LogP contribution in [0.1, 0.15) is 36.8 Å². The fourth-order valence-corrected chi connectivity index (χ4v) is 2.29. The number of amides is 2. The van der Waals surface area contributed by atoms with Gasteiger partial charge in [0.1, 0.15) is 6.04 Å². The fourth-order valence-electron chi connectivity index (χ4n) is 2.29. The molecule has 5 N–H and O–H groups in total. The molecule has 1 atom stereocenters. The second kappa shape index (κ2) is 11.9. The van der Waals surface area contributed by atoms with Gasteiger partial charge in [0, 0.05) is 13.1 Å². The topological polar surface area (TPSA) is 128 Å². The molecule has 0 aliphatic heterocycles. The number of carbonyl (C=O) groups is 3. The summed E-state index contributed by atoms with van der Waals surface area (Å²) in [5.41, 5.74) is 2.41. The first-order valence-corrected chi connectivity index (χ1v) is 8.63. The number of urea groups is 1. The van der Waals surface area contributed by atoms with E-state index in [1.165, 1.54) is 11.1 Å². The third kappa shape index (κ3) is 9.63. The van der Waals surface area contributed by atoms with Crippen molar-refractivity contribution in [2.75, 3.05) is 13.1 Å².